The number of carbonyl (C=O) groups excluding carboxylic acids is 2. The van der Waals surface area contributed by atoms with Gasteiger partial charge in [0.25, 0.3) is 0 Å². The van der Waals surface area contributed by atoms with Crippen molar-refractivity contribution in [3.63, 3.8) is 0 Å². The van der Waals surface area contributed by atoms with E-state index in [4.69, 9.17) is 14.7 Å². The molecule has 10 heteroatoms. The van der Waals surface area contributed by atoms with Gasteiger partial charge < -0.3 is 9.16 Å². The van der Waals surface area contributed by atoms with Gasteiger partial charge >= 0.3 is 5.97 Å². The van der Waals surface area contributed by atoms with E-state index in [0.29, 0.717) is 4.91 Å². The molecule has 2 heterocycles. The van der Waals surface area contributed by atoms with Gasteiger partial charge in [-0.25, -0.2) is 4.79 Å². The Morgan fingerprint density at radius 1 is 1.31 bits per heavy atom. The summed E-state index contributed by atoms with van der Waals surface area (Å²) in [6.45, 7) is 18.0. The van der Waals surface area contributed by atoms with Gasteiger partial charge in [-0.2, -0.15) is 0 Å². The van der Waals surface area contributed by atoms with Crippen LogP contribution in [0.1, 0.15) is 48.5 Å². The van der Waals surface area contributed by atoms with E-state index >= 15 is 0 Å². The van der Waals surface area contributed by atoms with Crippen molar-refractivity contribution in [1.29, 1.82) is 0 Å². The van der Waals surface area contributed by atoms with E-state index in [1.54, 1.807) is 20.8 Å². The predicted molar refractivity (Wildman–Crippen MR) is 116 cm³/mol. The second-order valence-corrected chi connectivity index (χ2v) is 16.0. The van der Waals surface area contributed by atoms with Gasteiger partial charge in [0.15, 0.2) is 8.32 Å². The van der Waals surface area contributed by atoms with E-state index in [1.165, 1.54) is 16.7 Å². The molecular weight excluding hydrogens is 408 g/mol. The first-order valence-electron chi connectivity index (χ1n) is 9.75. The van der Waals surface area contributed by atoms with E-state index in [2.05, 4.69) is 43.9 Å². The molecule has 0 aromatic rings. The fraction of sp³-hybridized carbons (Fsp3) is 0.789. The molecule has 0 aromatic heterocycles. The zero-order valence-electron chi connectivity index (χ0n) is 18.8. The Balaban J connectivity index is 2.25. The molecule has 162 valence electrons. The molecule has 3 atom stereocenters. The highest BCUT2D eigenvalue weighted by Gasteiger charge is 2.59. The van der Waals surface area contributed by atoms with Crippen molar-refractivity contribution < 1.29 is 18.8 Å². The molecule has 8 nitrogen and oxygen atoms in total. The lowest BCUT2D eigenvalue weighted by Crippen LogP contribution is -2.62. The number of hydrogen-bond donors (Lipinski definition) is 0. The van der Waals surface area contributed by atoms with Crippen LogP contribution in [0.2, 0.25) is 18.1 Å². The Kier molecular flexibility index (Phi) is 6.55. The summed E-state index contributed by atoms with van der Waals surface area (Å²) in [6, 6.07) is 0. The Morgan fingerprint density at radius 2 is 1.90 bits per heavy atom. The van der Waals surface area contributed by atoms with Gasteiger partial charge in [-0.05, 0) is 51.4 Å². The molecule has 0 saturated carbocycles. The molecule has 1 amide bonds. The molecule has 0 aliphatic carbocycles. The summed E-state index contributed by atoms with van der Waals surface area (Å²) in [5.74, 6) is -1.07. The topological polar surface area (TPSA) is 105 Å². The van der Waals surface area contributed by atoms with E-state index in [9.17, 15) is 9.59 Å². The third kappa shape index (κ3) is 4.82. The Hall–Kier alpha value is -1.48. The molecular formula is C19H32N4O4SSi. The number of rotatable bonds is 6. The maximum Gasteiger partial charge on any atom is 0.356 e. The van der Waals surface area contributed by atoms with Gasteiger partial charge in [-0.3, -0.25) is 9.69 Å². The lowest BCUT2D eigenvalue weighted by molar-refractivity contribution is -0.162. The smallest absolute Gasteiger partial charge is 0.356 e. The largest absolute Gasteiger partial charge is 0.455 e. The Bertz CT molecular complexity index is 778. The van der Waals surface area contributed by atoms with Crippen LogP contribution in [-0.2, 0) is 18.8 Å². The molecule has 0 aromatic carbocycles. The average molecular weight is 441 g/mol. The number of esters is 1. The normalized spacial score (nSPS) is 23.3. The van der Waals surface area contributed by atoms with Crippen molar-refractivity contribution in [2.75, 3.05) is 6.54 Å². The summed E-state index contributed by atoms with van der Waals surface area (Å²) in [4.78, 5) is 30.6. The van der Waals surface area contributed by atoms with Crippen LogP contribution in [0.4, 0.5) is 0 Å². The molecule has 0 unspecified atom stereocenters. The van der Waals surface area contributed by atoms with Gasteiger partial charge in [0.2, 0.25) is 5.91 Å². The lowest BCUT2D eigenvalue weighted by atomic mass is 9.92. The summed E-state index contributed by atoms with van der Waals surface area (Å²) in [6.07, 6.45) is -0.268. The standard InChI is InChI=1S/C19H32N4O4SSi/c1-11(27-29(8,9)19(5,6)7)13-15(24)23-14(17(25)26-18(2,3)4)12(10-21-22-20)28-16(13)23/h11,13,16H,10H2,1-9H3/t11-,13+,16-/m1/s1. The lowest BCUT2D eigenvalue weighted by Gasteiger charge is -2.48. The predicted octanol–water partition coefficient (Wildman–Crippen LogP) is 4.79. The number of nitrogens with zero attached hydrogens (tertiary/aromatic N) is 4. The van der Waals surface area contributed by atoms with Crippen LogP contribution in [0.3, 0.4) is 0 Å². The van der Waals surface area contributed by atoms with Crippen molar-refractivity contribution in [2.45, 2.75) is 83.7 Å². The number of β-lactam (4-membered cyclic amide) rings is 1. The first kappa shape index (κ1) is 23.8. The molecule has 1 fully saturated rings. The molecule has 29 heavy (non-hydrogen) atoms. The number of amides is 1. The monoisotopic (exact) mass is 440 g/mol. The van der Waals surface area contributed by atoms with Crippen molar-refractivity contribution in [3.05, 3.63) is 21.0 Å². The second-order valence-electron chi connectivity index (χ2n) is 9.99. The molecule has 0 spiro atoms. The number of hydrogen-bond acceptors (Lipinski definition) is 6. The fourth-order valence-corrected chi connectivity index (χ4v) is 6.03. The average Bonchev–Trinajstić information content (AvgIpc) is 2.84. The Labute approximate surface area is 178 Å². The molecule has 1 saturated heterocycles. The van der Waals surface area contributed by atoms with E-state index in [-0.39, 0.29) is 40.6 Å². The number of ether oxygens (including phenoxy) is 1. The molecule has 0 N–H and O–H groups in total. The summed E-state index contributed by atoms with van der Waals surface area (Å²) >= 11 is 1.39. The summed E-state index contributed by atoms with van der Waals surface area (Å²) in [5.41, 5.74) is 8.20. The van der Waals surface area contributed by atoms with Crippen LogP contribution in [0, 0.1) is 5.92 Å². The SMILES string of the molecule is C[C@@H](O[Si](C)(C)C(C)(C)C)[C@H]1C(=O)N2C(C(=O)OC(C)(C)C)=C(CN=[N+]=[N-])S[C@H]12. The number of fused-ring (bicyclic) bond motifs is 1. The quantitative estimate of drug-likeness (QED) is 0.147. The van der Waals surface area contributed by atoms with Gasteiger partial charge in [0, 0.05) is 9.82 Å². The number of thioether (sulfide) groups is 1. The molecule has 0 radical (unpaired) electrons. The zero-order valence-corrected chi connectivity index (χ0v) is 20.6. The first-order chi connectivity index (χ1) is 13.1. The second kappa shape index (κ2) is 7.98. The third-order valence-corrected chi connectivity index (χ3v) is 11.4. The minimum atomic E-state index is -2.05. The van der Waals surface area contributed by atoms with Crippen LogP contribution in [0.25, 0.3) is 10.4 Å². The molecule has 2 aliphatic heterocycles. The first-order valence-corrected chi connectivity index (χ1v) is 13.5. The highest BCUT2D eigenvalue weighted by atomic mass is 32.2. The maximum atomic E-state index is 13.0. The van der Waals surface area contributed by atoms with Crippen LogP contribution in [-0.4, -0.2) is 48.7 Å². The minimum absolute atomic E-state index is 0.0141. The van der Waals surface area contributed by atoms with Crippen molar-refractivity contribution in [3.8, 4) is 0 Å². The molecule has 2 aliphatic rings. The van der Waals surface area contributed by atoms with Crippen molar-refractivity contribution in [2.24, 2.45) is 11.0 Å². The minimum Gasteiger partial charge on any atom is -0.455 e. The van der Waals surface area contributed by atoms with Crippen LogP contribution in [0.15, 0.2) is 15.7 Å². The molecule has 0 bridgehead atoms. The van der Waals surface area contributed by atoms with Crippen LogP contribution in [0.5, 0.6) is 0 Å². The Morgan fingerprint density at radius 3 is 2.38 bits per heavy atom. The van der Waals surface area contributed by atoms with Gasteiger partial charge in [0.1, 0.15) is 16.7 Å². The van der Waals surface area contributed by atoms with E-state index in [1.807, 2.05) is 6.92 Å². The van der Waals surface area contributed by atoms with Gasteiger partial charge in [-0.15, -0.1) is 11.8 Å². The highest BCUT2D eigenvalue weighted by Crippen LogP contribution is 2.52. The van der Waals surface area contributed by atoms with Gasteiger partial charge in [0.05, 0.1) is 18.6 Å². The summed E-state index contributed by atoms with van der Waals surface area (Å²) in [7, 11) is -2.05. The highest BCUT2D eigenvalue weighted by molar-refractivity contribution is 8.04. The maximum absolute atomic E-state index is 13.0. The van der Waals surface area contributed by atoms with Crippen LogP contribution < -0.4 is 0 Å². The van der Waals surface area contributed by atoms with E-state index < -0.39 is 19.9 Å². The van der Waals surface area contributed by atoms with Crippen molar-refractivity contribution in [1.82, 2.24) is 4.90 Å². The third-order valence-electron chi connectivity index (χ3n) is 5.51. The zero-order chi connectivity index (χ0) is 22.4. The van der Waals surface area contributed by atoms with Gasteiger partial charge in [-0.1, -0.05) is 25.9 Å². The van der Waals surface area contributed by atoms with Crippen LogP contribution >= 0.6 is 11.8 Å². The summed E-state index contributed by atoms with van der Waals surface area (Å²) < 4.78 is 11.9. The molecule has 2 rings (SSSR count). The number of carbonyl (C=O) groups is 2. The fourth-order valence-electron chi connectivity index (χ4n) is 3.08. The summed E-state index contributed by atoms with van der Waals surface area (Å²) in [5, 5.41) is 3.39. The van der Waals surface area contributed by atoms with Crippen molar-refractivity contribution >= 4 is 32.0 Å². The van der Waals surface area contributed by atoms with E-state index in [0.717, 1.165) is 0 Å². The number of azide groups is 1.